The molecule has 0 aliphatic carbocycles. The maximum Gasteiger partial charge on any atom is 0.239 e. The van der Waals surface area contributed by atoms with Gasteiger partial charge in [-0.25, -0.2) is 4.98 Å². The Morgan fingerprint density at radius 1 is 1.35 bits per heavy atom. The second-order valence-corrected chi connectivity index (χ2v) is 3.87. The fourth-order valence-corrected chi connectivity index (χ4v) is 1.65. The van der Waals surface area contributed by atoms with E-state index >= 15 is 0 Å². The van der Waals surface area contributed by atoms with Crippen molar-refractivity contribution in [1.29, 1.82) is 0 Å². The Morgan fingerprint density at radius 3 is 2.88 bits per heavy atom. The van der Waals surface area contributed by atoms with Gasteiger partial charge in [0.2, 0.25) is 5.91 Å². The third-order valence-corrected chi connectivity index (χ3v) is 2.61. The van der Waals surface area contributed by atoms with Gasteiger partial charge in [-0.05, 0) is 24.6 Å². The van der Waals surface area contributed by atoms with E-state index in [-0.39, 0.29) is 12.5 Å². The Kier molecular flexibility index (Phi) is 3.23. The van der Waals surface area contributed by atoms with Gasteiger partial charge >= 0.3 is 0 Å². The van der Waals surface area contributed by atoms with Crippen LogP contribution in [0.25, 0.3) is 10.9 Å². The predicted molar refractivity (Wildman–Crippen MR) is 69.0 cm³/mol. The molecular weight excluding hydrogens is 214 g/mol. The molecule has 0 radical (unpaired) electrons. The molecule has 2 aromatic rings. The van der Waals surface area contributed by atoms with E-state index in [4.69, 9.17) is 0 Å². The zero-order chi connectivity index (χ0) is 12.3. The van der Waals surface area contributed by atoms with Crippen LogP contribution in [0, 0.1) is 6.92 Å². The van der Waals surface area contributed by atoms with Crippen molar-refractivity contribution in [3.63, 3.8) is 0 Å². The van der Waals surface area contributed by atoms with Crippen LogP contribution in [-0.2, 0) is 4.79 Å². The van der Waals surface area contributed by atoms with Crippen LogP contribution in [0.5, 0.6) is 0 Å². The molecule has 1 aromatic heterocycles. The monoisotopic (exact) mass is 229 g/mol. The number of rotatable bonds is 3. The first-order valence-electron chi connectivity index (χ1n) is 5.51. The van der Waals surface area contributed by atoms with Crippen LogP contribution in [0.15, 0.2) is 30.3 Å². The van der Waals surface area contributed by atoms with Crippen LogP contribution in [0.2, 0.25) is 0 Å². The smallest absolute Gasteiger partial charge is 0.239 e. The summed E-state index contributed by atoms with van der Waals surface area (Å²) in [6, 6.07) is 9.99. The van der Waals surface area contributed by atoms with Crippen molar-refractivity contribution in [3.05, 3.63) is 35.9 Å². The maximum absolute atomic E-state index is 11.2. The zero-order valence-electron chi connectivity index (χ0n) is 9.95. The molecular formula is C13H15N3O. The number of carbonyl (C=O) groups excluding carboxylic acids is 1. The van der Waals surface area contributed by atoms with Crippen LogP contribution in [-0.4, -0.2) is 24.5 Å². The molecule has 4 heteroatoms. The molecule has 1 heterocycles. The van der Waals surface area contributed by atoms with E-state index in [1.807, 2.05) is 31.2 Å². The lowest BCUT2D eigenvalue weighted by atomic mass is 10.1. The van der Waals surface area contributed by atoms with Crippen molar-refractivity contribution in [3.8, 4) is 0 Å². The molecule has 17 heavy (non-hydrogen) atoms. The number of nitrogens with one attached hydrogen (secondary N) is 2. The van der Waals surface area contributed by atoms with Crippen LogP contribution in [0.4, 0.5) is 5.82 Å². The van der Waals surface area contributed by atoms with E-state index in [2.05, 4.69) is 21.7 Å². The largest absolute Gasteiger partial charge is 0.361 e. The molecule has 0 bridgehead atoms. The van der Waals surface area contributed by atoms with Crippen LogP contribution >= 0.6 is 0 Å². The Labute approximate surface area is 100 Å². The lowest BCUT2D eigenvalue weighted by molar-refractivity contribution is -0.118. The van der Waals surface area contributed by atoms with E-state index in [9.17, 15) is 4.79 Å². The number of anilines is 1. The highest BCUT2D eigenvalue weighted by molar-refractivity contribution is 5.83. The first kappa shape index (κ1) is 11.4. The summed E-state index contributed by atoms with van der Waals surface area (Å²) >= 11 is 0. The van der Waals surface area contributed by atoms with Crippen molar-refractivity contribution < 1.29 is 4.79 Å². The second-order valence-electron chi connectivity index (χ2n) is 3.87. The topological polar surface area (TPSA) is 54.0 Å². The first-order chi connectivity index (χ1) is 8.20. The molecule has 1 aromatic carbocycles. The Morgan fingerprint density at radius 2 is 2.12 bits per heavy atom. The van der Waals surface area contributed by atoms with Gasteiger partial charge in [0, 0.05) is 12.4 Å². The number of para-hydroxylation sites is 1. The fraction of sp³-hybridized carbons (Fsp3) is 0.231. The summed E-state index contributed by atoms with van der Waals surface area (Å²) < 4.78 is 0. The lowest BCUT2D eigenvalue weighted by Crippen LogP contribution is -2.26. The number of aromatic nitrogens is 1. The highest BCUT2D eigenvalue weighted by atomic mass is 16.1. The molecule has 1 amide bonds. The quantitative estimate of drug-likeness (QED) is 0.842. The number of fused-ring (bicyclic) bond motifs is 1. The number of hydrogen-bond acceptors (Lipinski definition) is 3. The molecule has 0 fully saturated rings. The standard InChI is InChI=1S/C13H15N3O/c1-9-7-10-5-3-4-6-11(10)16-13(9)15-8-12(17)14-2/h3-7H,8H2,1-2H3,(H,14,17)(H,15,16). The van der Waals surface area contributed by atoms with E-state index in [1.54, 1.807) is 7.05 Å². The van der Waals surface area contributed by atoms with Gasteiger partial charge < -0.3 is 10.6 Å². The molecule has 0 saturated carbocycles. The van der Waals surface area contributed by atoms with Gasteiger partial charge in [-0.2, -0.15) is 0 Å². The average Bonchev–Trinajstić information content (AvgIpc) is 2.35. The molecule has 0 unspecified atom stereocenters. The minimum atomic E-state index is -0.0561. The number of hydrogen-bond donors (Lipinski definition) is 2. The molecule has 2 N–H and O–H groups in total. The maximum atomic E-state index is 11.2. The van der Waals surface area contributed by atoms with E-state index in [0.29, 0.717) is 0 Å². The molecule has 0 atom stereocenters. The van der Waals surface area contributed by atoms with Gasteiger partial charge in [-0.1, -0.05) is 18.2 Å². The first-order valence-corrected chi connectivity index (χ1v) is 5.51. The number of nitrogens with zero attached hydrogens (tertiary/aromatic N) is 1. The minimum absolute atomic E-state index is 0.0561. The minimum Gasteiger partial charge on any atom is -0.361 e. The Hall–Kier alpha value is -2.10. The van der Waals surface area contributed by atoms with Gasteiger partial charge in [0.15, 0.2) is 0 Å². The summed E-state index contributed by atoms with van der Waals surface area (Å²) in [5, 5.41) is 6.70. The second kappa shape index (κ2) is 4.82. The summed E-state index contributed by atoms with van der Waals surface area (Å²) in [7, 11) is 1.62. The summed E-state index contributed by atoms with van der Waals surface area (Å²) in [5.41, 5.74) is 1.96. The average molecular weight is 229 g/mol. The van der Waals surface area contributed by atoms with E-state index in [1.165, 1.54) is 0 Å². The molecule has 0 aliphatic rings. The lowest BCUT2D eigenvalue weighted by Gasteiger charge is -2.09. The molecule has 0 saturated heterocycles. The van der Waals surface area contributed by atoms with Gasteiger partial charge in [-0.15, -0.1) is 0 Å². The van der Waals surface area contributed by atoms with Crippen molar-refractivity contribution in [1.82, 2.24) is 10.3 Å². The third kappa shape index (κ3) is 2.53. The van der Waals surface area contributed by atoms with Crippen molar-refractivity contribution in [2.24, 2.45) is 0 Å². The number of aryl methyl sites for hydroxylation is 1. The number of benzene rings is 1. The molecule has 4 nitrogen and oxygen atoms in total. The van der Waals surface area contributed by atoms with E-state index in [0.717, 1.165) is 22.3 Å². The van der Waals surface area contributed by atoms with Crippen molar-refractivity contribution in [2.75, 3.05) is 18.9 Å². The van der Waals surface area contributed by atoms with Gasteiger partial charge in [-0.3, -0.25) is 4.79 Å². The third-order valence-electron chi connectivity index (χ3n) is 2.61. The highest BCUT2D eigenvalue weighted by Gasteiger charge is 2.04. The highest BCUT2D eigenvalue weighted by Crippen LogP contribution is 2.19. The predicted octanol–water partition coefficient (Wildman–Crippen LogP) is 1.70. The normalized spacial score (nSPS) is 10.2. The van der Waals surface area contributed by atoms with Crippen LogP contribution in [0.1, 0.15) is 5.56 Å². The van der Waals surface area contributed by atoms with Crippen LogP contribution in [0.3, 0.4) is 0 Å². The summed E-state index contributed by atoms with van der Waals surface area (Å²) in [6.45, 7) is 2.22. The zero-order valence-corrected chi connectivity index (χ0v) is 9.95. The number of pyridine rings is 1. The van der Waals surface area contributed by atoms with Crippen molar-refractivity contribution in [2.45, 2.75) is 6.92 Å². The number of amides is 1. The molecule has 0 spiro atoms. The SMILES string of the molecule is CNC(=O)CNc1nc2ccccc2cc1C. The Balaban J connectivity index is 2.28. The summed E-state index contributed by atoms with van der Waals surface area (Å²) in [6.07, 6.45) is 0. The van der Waals surface area contributed by atoms with Gasteiger partial charge in [0.1, 0.15) is 5.82 Å². The van der Waals surface area contributed by atoms with Gasteiger partial charge in [0.05, 0.1) is 12.1 Å². The summed E-state index contributed by atoms with van der Waals surface area (Å²) in [4.78, 5) is 15.6. The number of carbonyl (C=O) groups is 1. The van der Waals surface area contributed by atoms with Crippen LogP contribution < -0.4 is 10.6 Å². The number of likely N-dealkylation sites (N-methyl/N-ethyl adjacent to an activating group) is 1. The summed E-state index contributed by atoms with van der Waals surface area (Å²) in [5.74, 6) is 0.701. The van der Waals surface area contributed by atoms with Crippen molar-refractivity contribution >= 4 is 22.6 Å². The molecule has 88 valence electrons. The Bertz CT molecular complexity index is 551. The molecule has 2 rings (SSSR count). The van der Waals surface area contributed by atoms with E-state index < -0.39 is 0 Å². The molecule has 0 aliphatic heterocycles. The fourth-order valence-electron chi connectivity index (χ4n) is 1.65. The van der Waals surface area contributed by atoms with Gasteiger partial charge in [0.25, 0.3) is 0 Å².